The molecule has 0 radical (unpaired) electrons. The summed E-state index contributed by atoms with van der Waals surface area (Å²) in [5, 5.41) is 0. The van der Waals surface area contributed by atoms with Crippen LogP contribution in [0.25, 0.3) is 22.5 Å². The van der Waals surface area contributed by atoms with Crippen molar-refractivity contribution in [2.45, 2.75) is 72.1 Å². The van der Waals surface area contributed by atoms with Crippen molar-refractivity contribution >= 4 is 0 Å². The van der Waals surface area contributed by atoms with Crippen molar-refractivity contribution in [2.75, 3.05) is 0 Å². The zero-order valence-corrected chi connectivity index (χ0v) is 18.9. The van der Waals surface area contributed by atoms with Gasteiger partial charge >= 0.3 is 0 Å². The molecule has 1 aromatic heterocycles. The van der Waals surface area contributed by atoms with Crippen LogP contribution in [0, 0.1) is 5.92 Å². The first-order valence-electron chi connectivity index (χ1n) is 11.7. The summed E-state index contributed by atoms with van der Waals surface area (Å²) >= 11 is 0. The fourth-order valence-corrected chi connectivity index (χ4v) is 3.75. The largest absolute Gasteiger partial charge is 0.236 e. The number of aryl methyl sites for hydroxylation is 2. The van der Waals surface area contributed by atoms with E-state index in [2.05, 4.69) is 79.3 Å². The second-order valence-electron chi connectivity index (χ2n) is 8.55. The normalized spacial score (nSPS) is 12.1. The fraction of sp³-hybridized carbons (Fsp3) is 0.429. The van der Waals surface area contributed by atoms with E-state index in [0.717, 1.165) is 23.7 Å². The third-order valence-corrected chi connectivity index (χ3v) is 6.06. The Kier molecular flexibility index (Phi) is 8.62. The van der Waals surface area contributed by atoms with Crippen molar-refractivity contribution in [2.24, 2.45) is 5.92 Å². The van der Waals surface area contributed by atoms with E-state index in [4.69, 9.17) is 0 Å². The Bertz CT molecular complexity index is 864. The van der Waals surface area contributed by atoms with Crippen LogP contribution in [-0.2, 0) is 12.8 Å². The molecule has 0 aliphatic heterocycles. The molecule has 3 rings (SSSR count). The molecule has 0 amide bonds. The number of aromatic nitrogens is 2. The van der Waals surface area contributed by atoms with Crippen molar-refractivity contribution < 1.29 is 0 Å². The SMILES string of the molecule is CCCCCc1ccc(-c2ccc(-c3ncc(CCC[C@@H](C)CC)cn3)cc2)cc1. The monoisotopic (exact) mass is 400 g/mol. The molecule has 1 heterocycles. The van der Waals surface area contributed by atoms with Crippen LogP contribution in [0.4, 0.5) is 0 Å². The van der Waals surface area contributed by atoms with E-state index < -0.39 is 0 Å². The summed E-state index contributed by atoms with van der Waals surface area (Å²) in [7, 11) is 0. The van der Waals surface area contributed by atoms with Crippen LogP contribution in [0.15, 0.2) is 60.9 Å². The Balaban J connectivity index is 1.58. The van der Waals surface area contributed by atoms with Crippen molar-refractivity contribution in [1.82, 2.24) is 9.97 Å². The van der Waals surface area contributed by atoms with Gasteiger partial charge in [0.1, 0.15) is 0 Å². The second-order valence-corrected chi connectivity index (χ2v) is 8.55. The molecule has 0 saturated carbocycles. The van der Waals surface area contributed by atoms with Gasteiger partial charge in [-0.25, -0.2) is 9.97 Å². The van der Waals surface area contributed by atoms with Gasteiger partial charge in [-0.2, -0.15) is 0 Å². The van der Waals surface area contributed by atoms with Crippen molar-refractivity contribution in [1.29, 1.82) is 0 Å². The Morgan fingerprint density at radius 3 is 1.83 bits per heavy atom. The first kappa shape index (κ1) is 22.2. The van der Waals surface area contributed by atoms with Crippen LogP contribution in [-0.4, -0.2) is 9.97 Å². The van der Waals surface area contributed by atoms with Crippen molar-refractivity contribution in [3.05, 3.63) is 72.1 Å². The van der Waals surface area contributed by atoms with Gasteiger partial charge in [0.05, 0.1) is 0 Å². The van der Waals surface area contributed by atoms with Crippen LogP contribution in [0.3, 0.4) is 0 Å². The summed E-state index contributed by atoms with van der Waals surface area (Å²) in [6.45, 7) is 6.84. The molecule has 0 bridgehead atoms. The standard InChI is InChI=1S/C28H36N2/c1-4-6-7-10-23-12-14-25(15-13-23)26-16-18-27(19-17-26)28-29-20-24(21-30-28)11-8-9-22(3)5-2/h12-22H,4-11H2,1-3H3/t22-/m0/s1. The average molecular weight is 401 g/mol. The van der Waals surface area contributed by atoms with Gasteiger partial charge in [-0.3, -0.25) is 0 Å². The van der Waals surface area contributed by atoms with E-state index in [0.29, 0.717) is 0 Å². The van der Waals surface area contributed by atoms with Crippen molar-refractivity contribution in [3.63, 3.8) is 0 Å². The highest BCUT2D eigenvalue weighted by molar-refractivity contribution is 5.67. The molecule has 0 aliphatic rings. The van der Waals surface area contributed by atoms with Crippen molar-refractivity contribution in [3.8, 4) is 22.5 Å². The van der Waals surface area contributed by atoms with Gasteiger partial charge < -0.3 is 0 Å². The molecular formula is C28H36N2. The van der Waals surface area contributed by atoms with E-state index in [9.17, 15) is 0 Å². The fourth-order valence-electron chi connectivity index (χ4n) is 3.75. The molecule has 0 aliphatic carbocycles. The quantitative estimate of drug-likeness (QED) is 0.306. The minimum atomic E-state index is 0.804. The molecule has 0 spiro atoms. The van der Waals surface area contributed by atoms with Crippen LogP contribution in [0.1, 0.15) is 70.4 Å². The maximum atomic E-state index is 4.61. The Morgan fingerprint density at radius 1 is 0.667 bits per heavy atom. The molecule has 2 aromatic carbocycles. The third-order valence-electron chi connectivity index (χ3n) is 6.06. The van der Waals surface area contributed by atoms with E-state index in [1.165, 1.54) is 67.2 Å². The highest BCUT2D eigenvalue weighted by Crippen LogP contribution is 2.24. The maximum absolute atomic E-state index is 4.61. The summed E-state index contributed by atoms with van der Waals surface area (Å²) in [5.41, 5.74) is 6.24. The molecule has 30 heavy (non-hydrogen) atoms. The summed E-state index contributed by atoms with van der Waals surface area (Å²) in [6.07, 6.45) is 13.8. The van der Waals surface area contributed by atoms with Crippen LogP contribution >= 0.6 is 0 Å². The predicted octanol–water partition coefficient (Wildman–Crippen LogP) is 7.91. The second kappa shape index (κ2) is 11.6. The summed E-state index contributed by atoms with van der Waals surface area (Å²) in [6, 6.07) is 17.6. The number of hydrogen-bond acceptors (Lipinski definition) is 2. The lowest BCUT2D eigenvalue weighted by Gasteiger charge is -2.08. The topological polar surface area (TPSA) is 25.8 Å². The summed E-state index contributed by atoms with van der Waals surface area (Å²) in [5.74, 6) is 1.61. The molecule has 2 nitrogen and oxygen atoms in total. The lowest BCUT2D eigenvalue weighted by Crippen LogP contribution is -1.96. The number of hydrogen-bond donors (Lipinski definition) is 0. The van der Waals surface area contributed by atoms with Gasteiger partial charge in [0.2, 0.25) is 0 Å². The lowest BCUT2D eigenvalue weighted by atomic mass is 10.00. The molecule has 1 atom stereocenters. The van der Waals surface area contributed by atoms with Crippen LogP contribution in [0.2, 0.25) is 0 Å². The number of unbranched alkanes of at least 4 members (excludes halogenated alkanes) is 2. The molecule has 0 unspecified atom stereocenters. The van der Waals surface area contributed by atoms with E-state index in [1.54, 1.807) is 0 Å². The number of nitrogens with zero attached hydrogens (tertiary/aromatic N) is 2. The Hall–Kier alpha value is -2.48. The smallest absolute Gasteiger partial charge is 0.159 e. The van der Waals surface area contributed by atoms with Gasteiger partial charge in [0, 0.05) is 18.0 Å². The highest BCUT2D eigenvalue weighted by atomic mass is 14.9. The highest BCUT2D eigenvalue weighted by Gasteiger charge is 2.05. The molecule has 3 aromatic rings. The minimum absolute atomic E-state index is 0.804. The molecule has 158 valence electrons. The van der Waals surface area contributed by atoms with E-state index in [-0.39, 0.29) is 0 Å². The lowest BCUT2D eigenvalue weighted by molar-refractivity contribution is 0.495. The molecule has 0 fully saturated rings. The Labute approximate surface area is 182 Å². The molecule has 0 N–H and O–H groups in total. The molecule has 2 heteroatoms. The summed E-state index contributed by atoms with van der Waals surface area (Å²) in [4.78, 5) is 9.21. The average Bonchev–Trinajstić information content (AvgIpc) is 2.80. The first-order valence-corrected chi connectivity index (χ1v) is 11.7. The van der Waals surface area contributed by atoms with Crippen LogP contribution < -0.4 is 0 Å². The summed E-state index contributed by atoms with van der Waals surface area (Å²) < 4.78 is 0. The Morgan fingerprint density at radius 2 is 1.23 bits per heavy atom. The zero-order valence-electron chi connectivity index (χ0n) is 18.9. The number of benzene rings is 2. The van der Waals surface area contributed by atoms with Crippen LogP contribution in [0.5, 0.6) is 0 Å². The minimum Gasteiger partial charge on any atom is -0.236 e. The van der Waals surface area contributed by atoms with E-state index >= 15 is 0 Å². The third kappa shape index (κ3) is 6.52. The molecular weight excluding hydrogens is 364 g/mol. The molecule has 0 saturated heterocycles. The first-order chi connectivity index (χ1) is 14.7. The van der Waals surface area contributed by atoms with Gasteiger partial charge in [0.25, 0.3) is 0 Å². The zero-order chi connectivity index (χ0) is 21.2. The van der Waals surface area contributed by atoms with Gasteiger partial charge in [-0.05, 0) is 53.9 Å². The number of rotatable bonds is 11. The van der Waals surface area contributed by atoms with E-state index in [1.807, 2.05) is 12.4 Å². The van der Waals surface area contributed by atoms with Gasteiger partial charge in [-0.1, -0.05) is 95.0 Å². The van der Waals surface area contributed by atoms with Gasteiger partial charge in [0.15, 0.2) is 5.82 Å². The predicted molar refractivity (Wildman–Crippen MR) is 129 cm³/mol. The van der Waals surface area contributed by atoms with Gasteiger partial charge in [-0.15, -0.1) is 0 Å². The maximum Gasteiger partial charge on any atom is 0.159 e.